The van der Waals surface area contributed by atoms with Gasteiger partial charge >= 0.3 is 0 Å². The summed E-state index contributed by atoms with van der Waals surface area (Å²) in [6.45, 7) is 4.98. The first-order valence-corrected chi connectivity index (χ1v) is 5.31. The van der Waals surface area contributed by atoms with Gasteiger partial charge in [-0.1, -0.05) is 13.8 Å². The molecule has 4 atom stereocenters. The summed E-state index contributed by atoms with van der Waals surface area (Å²) in [5.41, 5.74) is 0.723. The zero-order chi connectivity index (χ0) is 6.93. The van der Waals surface area contributed by atoms with E-state index in [4.69, 9.17) is 0 Å². The molecule has 0 nitrogen and oxygen atoms in total. The van der Waals surface area contributed by atoms with Crippen LogP contribution in [0.4, 0.5) is 0 Å². The summed E-state index contributed by atoms with van der Waals surface area (Å²) >= 11 is 2.26. The standard InChI is InChI=1S/C9H14S/c1-9(2)5-3-4-6(9)8-7(5)10-8/h5-8H,3-4H2,1-2H3. The second-order valence-electron chi connectivity index (χ2n) is 4.68. The van der Waals surface area contributed by atoms with E-state index in [1.165, 1.54) is 12.8 Å². The lowest BCUT2D eigenvalue weighted by Crippen LogP contribution is -2.21. The Balaban J connectivity index is 2.05. The summed E-state index contributed by atoms with van der Waals surface area (Å²) in [6, 6.07) is 0. The summed E-state index contributed by atoms with van der Waals surface area (Å²) in [5.74, 6) is 2.18. The fourth-order valence-corrected chi connectivity index (χ4v) is 5.34. The largest absolute Gasteiger partial charge is 0.152 e. The van der Waals surface area contributed by atoms with Crippen molar-refractivity contribution in [2.45, 2.75) is 37.2 Å². The fraction of sp³-hybridized carbons (Fsp3) is 1.00. The summed E-state index contributed by atoms with van der Waals surface area (Å²) in [5, 5.41) is 2.21. The smallest absolute Gasteiger partial charge is 0.0206 e. The first-order valence-electron chi connectivity index (χ1n) is 4.37. The summed E-state index contributed by atoms with van der Waals surface area (Å²) < 4.78 is 0. The van der Waals surface area contributed by atoms with Gasteiger partial charge in [-0.25, -0.2) is 0 Å². The van der Waals surface area contributed by atoms with Crippen molar-refractivity contribution >= 4 is 11.8 Å². The lowest BCUT2D eigenvalue weighted by molar-refractivity contribution is 0.258. The van der Waals surface area contributed by atoms with E-state index in [2.05, 4.69) is 25.6 Å². The SMILES string of the molecule is CC1(C)C2CCC1C1SC12. The number of fused-ring (bicyclic) bond motifs is 5. The minimum Gasteiger partial charge on any atom is -0.152 e. The third-order valence-corrected chi connectivity index (χ3v) is 5.61. The van der Waals surface area contributed by atoms with Gasteiger partial charge in [0.05, 0.1) is 0 Å². The van der Waals surface area contributed by atoms with E-state index in [0.717, 1.165) is 27.8 Å². The predicted molar refractivity (Wildman–Crippen MR) is 45.2 cm³/mol. The van der Waals surface area contributed by atoms with Crippen LogP contribution >= 0.6 is 11.8 Å². The maximum atomic E-state index is 2.49. The quantitative estimate of drug-likeness (QED) is 0.483. The van der Waals surface area contributed by atoms with Crippen molar-refractivity contribution in [3.8, 4) is 0 Å². The molecule has 0 N–H and O–H groups in total. The Hall–Kier alpha value is 0.350. The van der Waals surface area contributed by atoms with Crippen molar-refractivity contribution in [1.82, 2.24) is 0 Å². The van der Waals surface area contributed by atoms with Crippen molar-refractivity contribution in [2.24, 2.45) is 17.3 Å². The Morgan fingerprint density at radius 1 is 1.10 bits per heavy atom. The molecule has 0 aromatic heterocycles. The van der Waals surface area contributed by atoms with Crippen LogP contribution in [-0.2, 0) is 0 Å². The van der Waals surface area contributed by atoms with Crippen molar-refractivity contribution in [3.05, 3.63) is 0 Å². The Morgan fingerprint density at radius 3 is 1.90 bits per heavy atom. The molecule has 0 spiro atoms. The van der Waals surface area contributed by atoms with Gasteiger partial charge in [0.15, 0.2) is 0 Å². The van der Waals surface area contributed by atoms with Crippen LogP contribution in [0.5, 0.6) is 0 Å². The molecule has 10 heavy (non-hydrogen) atoms. The van der Waals surface area contributed by atoms with Crippen LogP contribution in [-0.4, -0.2) is 10.5 Å². The molecule has 0 aromatic carbocycles. The third kappa shape index (κ3) is 0.459. The van der Waals surface area contributed by atoms with Crippen LogP contribution in [0.1, 0.15) is 26.7 Å². The highest BCUT2D eigenvalue weighted by molar-refractivity contribution is 8.07. The van der Waals surface area contributed by atoms with E-state index < -0.39 is 0 Å². The maximum absolute atomic E-state index is 2.49. The minimum atomic E-state index is 0.723. The van der Waals surface area contributed by atoms with Crippen LogP contribution in [0.3, 0.4) is 0 Å². The molecule has 3 rings (SSSR count). The second kappa shape index (κ2) is 1.43. The van der Waals surface area contributed by atoms with Crippen LogP contribution in [0.2, 0.25) is 0 Å². The molecular weight excluding hydrogens is 140 g/mol. The van der Waals surface area contributed by atoms with E-state index in [1.54, 1.807) is 0 Å². The van der Waals surface area contributed by atoms with E-state index >= 15 is 0 Å². The lowest BCUT2D eigenvalue weighted by atomic mass is 9.82. The van der Waals surface area contributed by atoms with Crippen LogP contribution in [0, 0.1) is 17.3 Å². The molecule has 0 amide bonds. The Kier molecular flexibility index (Phi) is 0.848. The van der Waals surface area contributed by atoms with Crippen molar-refractivity contribution < 1.29 is 0 Å². The first-order chi connectivity index (χ1) is 4.71. The van der Waals surface area contributed by atoms with Crippen LogP contribution < -0.4 is 0 Å². The average molecular weight is 154 g/mol. The topological polar surface area (TPSA) is 0 Å². The third-order valence-electron chi connectivity index (χ3n) is 4.05. The van der Waals surface area contributed by atoms with Gasteiger partial charge in [-0.05, 0) is 30.1 Å². The highest BCUT2D eigenvalue weighted by atomic mass is 32.2. The Labute approximate surface area is 66.8 Å². The molecule has 1 heterocycles. The van der Waals surface area contributed by atoms with Gasteiger partial charge in [-0.2, -0.15) is 11.8 Å². The molecule has 3 fully saturated rings. The maximum Gasteiger partial charge on any atom is 0.0206 e. The second-order valence-corrected chi connectivity index (χ2v) is 6.04. The predicted octanol–water partition coefficient (Wildman–Crippen LogP) is 2.54. The normalized spacial score (nSPS) is 60.6. The lowest BCUT2D eigenvalue weighted by Gasteiger charge is -2.26. The molecule has 0 aromatic rings. The van der Waals surface area contributed by atoms with Gasteiger partial charge in [0.2, 0.25) is 0 Å². The molecule has 56 valence electrons. The van der Waals surface area contributed by atoms with Gasteiger partial charge in [0, 0.05) is 10.5 Å². The van der Waals surface area contributed by atoms with E-state index in [0.29, 0.717) is 0 Å². The molecule has 2 aliphatic carbocycles. The molecule has 2 bridgehead atoms. The number of thioether (sulfide) groups is 1. The molecule has 1 heteroatoms. The summed E-state index contributed by atoms with van der Waals surface area (Å²) in [4.78, 5) is 0. The van der Waals surface area contributed by atoms with Crippen molar-refractivity contribution in [2.75, 3.05) is 0 Å². The average Bonchev–Trinajstić information content (AvgIpc) is 2.54. The first kappa shape index (κ1) is 5.93. The highest BCUT2D eigenvalue weighted by Gasteiger charge is 2.67. The van der Waals surface area contributed by atoms with E-state index in [-0.39, 0.29) is 0 Å². The number of hydrogen-bond acceptors (Lipinski definition) is 1. The van der Waals surface area contributed by atoms with Gasteiger partial charge < -0.3 is 0 Å². The fourth-order valence-electron chi connectivity index (χ4n) is 3.34. The van der Waals surface area contributed by atoms with Gasteiger partial charge in [0.1, 0.15) is 0 Å². The summed E-state index contributed by atoms with van der Waals surface area (Å²) in [7, 11) is 0. The summed E-state index contributed by atoms with van der Waals surface area (Å²) in [6.07, 6.45) is 3.07. The zero-order valence-corrected chi connectivity index (χ0v) is 7.45. The van der Waals surface area contributed by atoms with Gasteiger partial charge in [0.25, 0.3) is 0 Å². The Morgan fingerprint density at radius 2 is 1.60 bits per heavy atom. The molecular formula is C9H14S. The molecule has 3 aliphatic rings. The van der Waals surface area contributed by atoms with E-state index in [1.807, 2.05) is 0 Å². The number of hydrogen-bond donors (Lipinski definition) is 0. The zero-order valence-electron chi connectivity index (χ0n) is 6.63. The van der Waals surface area contributed by atoms with E-state index in [9.17, 15) is 0 Å². The number of rotatable bonds is 0. The van der Waals surface area contributed by atoms with Crippen LogP contribution in [0.25, 0.3) is 0 Å². The van der Waals surface area contributed by atoms with Crippen molar-refractivity contribution in [3.63, 3.8) is 0 Å². The Bertz CT molecular complexity index is 167. The monoisotopic (exact) mass is 154 g/mol. The molecule has 1 saturated heterocycles. The van der Waals surface area contributed by atoms with Crippen molar-refractivity contribution in [1.29, 1.82) is 0 Å². The molecule has 0 radical (unpaired) electrons. The van der Waals surface area contributed by atoms with Gasteiger partial charge in [-0.3, -0.25) is 0 Å². The van der Waals surface area contributed by atoms with Gasteiger partial charge in [-0.15, -0.1) is 0 Å². The molecule has 2 saturated carbocycles. The highest BCUT2D eigenvalue weighted by Crippen LogP contribution is 2.72. The molecule has 1 aliphatic heterocycles. The van der Waals surface area contributed by atoms with Crippen LogP contribution in [0.15, 0.2) is 0 Å². The minimum absolute atomic E-state index is 0.723. The molecule has 4 unspecified atom stereocenters.